The van der Waals surface area contributed by atoms with Crippen molar-refractivity contribution >= 4 is 0 Å². The average Bonchev–Trinajstić information content (AvgIpc) is 2.91. The van der Waals surface area contributed by atoms with Crippen LogP contribution < -0.4 is 5.32 Å². The summed E-state index contributed by atoms with van der Waals surface area (Å²) < 4.78 is 11.1. The normalized spacial score (nSPS) is 17.0. The summed E-state index contributed by atoms with van der Waals surface area (Å²) in [7, 11) is 0. The first-order valence-corrected chi connectivity index (χ1v) is 6.00. The summed E-state index contributed by atoms with van der Waals surface area (Å²) in [5, 5.41) is 3.30. The maximum Gasteiger partial charge on any atom is 0.0599 e. The van der Waals surface area contributed by atoms with Gasteiger partial charge in [0.1, 0.15) is 0 Å². The van der Waals surface area contributed by atoms with Gasteiger partial charge >= 0.3 is 0 Å². The monoisotopic (exact) mass is 215 g/mol. The summed E-state index contributed by atoms with van der Waals surface area (Å²) in [5.74, 6) is 0.870. The minimum atomic E-state index is -0.0237. The van der Waals surface area contributed by atoms with Gasteiger partial charge in [-0.15, -0.1) is 0 Å². The van der Waals surface area contributed by atoms with Crippen molar-refractivity contribution in [1.82, 2.24) is 5.32 Å². The van der Waals surface area contributed by atoms with Crippen molar-refractivity contribution in [3.63, 3.8) is 0 Å². The highest BCUT2D eigenvalue weighted by atomic mass is 16.5. The van der Waals surface area contributed by atoms with Crippen LogP contribution in [-0.2, 0) is 9.47 Å². The third kappa shape index (κ3) is 8.85. The lowest BCUT2D eigenvalue weighted by Gasteiger charge is -2.19. The molecule has 0 radical (unpaired) electrons. The molecule has 0 aromatic heterocycles. The number of hydrogen-bond donors (Lipinski definition) is 1. The van der Waals surface area contributed by atoms with Gasteiger partial charge in [0.05, 0.1) is 18.8 Å². The zero-order valence-electron chi connectivity index (χ0n) is 10.3. The fourth-order valence-corrected chi connectivity index (χ4v) is 1.23. The number of rotatable bonds is 8. The lowest BCUT2D eigenvalue weighted by Crippen LogP contribution is -2.28. The van der Waals surface area contributed by atoms with E-state index in [-0.39, 0.29) is 5.60 Å². The van der Waals surface area contributed by atoms with Crippen molar-refractivity contribution in [3.05, 3.63) is 0 Å². The average molecular weight is 215 g/mol. The fourth-order valence-electron chi connectivity index (χ4n) is 1.23. The minimum absolute atomic E-state index is 0.0237. The van der Waals surface area contributed by atoms with Crippen LogP contribution in [0, 0.1) is 5.92 Å². The number of ether oxygens (including phenoxy) is 2. The molecule has 1 aliphatic rings. The van der Waals surface area contributed by atoms with Crippen LogP contribution in [0.2, 0.25) is 0 Å². The summed E-state index contributed by atoms with van der Waals surface area (Å²) in [6.45, 7) is 10.6. The van der Waals surface area contributed by atoms with Crippen molar-refractivity contribution in [2.45, 2.75) is 39.2 Å². The van der Waals surface area contributed by atoms with E-state index in [1.165, 1.54) is 12.8 Å². The summed E-state index contributed by atoms with van der Waals surface area (Å²) in [6, 6.07) is 0. The Morgan fingerprint density at radius 3 is 2.40 bits per heavy atom. The van der Waals surface area contributed by atoms with Gasteiger partial charge in [-0.2, -0.15) is 0 Å². The van der Waals surface area contributed by atoms with E-state index >= 15 is 0 Å². The second-order valence-corrected chi connectivity index (χ2v) is 5.23. The van der Waals surface area contributed by atoms with Crippen molar-refractivity contribution in [3.8, 4) is 0 Å². The molecule has 1 fully saturated rings. The molecule has 1 aliphatic carbocycles. The Morgan fingerprint density at radius 2 is 1.80 bits per heavy atom. The first kappa shape index (κ1) is 12.9. The van der Waals surface area contributed by atoms with E-state index < -0.39 is 0 Å². The molecule has 0 aromatic carbocycles. The molecule has 90 valence electrons. The summed E-state index contributed by atoms with van der Waals surface area (Å²) in [5.41, 5.74) is -0.0237. The van der Waals surface area contributed by atoms with Gasteiger partial charge in [-0.25, -0.2) is 0 Å². The Bertz CT molecular complexity index is 161. The second-order valence-electron chi connectivity index (χ2n) is 5.23. The van der Waals surface area contributed by atoms with Crippen LogP contribution in [0.5, 0.6) is 0 Å². The molecule has 0 saturated heterocycles. The van der Waals surface area contributed by atoms with Crippen LogP contribution in [-0.4, -0.2) is 38.5 Å². The van der Waals surface area contributed by atoms with E-state index in [9.17, 15) is 0 Å². The van der Waals surface area contributed by atoms with Crippen LogP contribution >= 0.6 is 0 Å². The van der Waals surface area contributed by atoms with Crippen LogP contribution in [0.15, 0.2) is 0 Å². The fraction of sp³-hybridized carbons (Fsp3) is 1.00. The molecule has 0 amide bonds. The molecule has 1 rings (SSSR count). The molecular weight excluding hydrogens is 190 g/mol. The highest BCUT2D eigenvalue weighted by Crippen LogP contribution is 2.28. The SMILES string of the molecule is CC(C)(C)OCCNCCOCC1CC1. The van der Waals surface area contributed by atoms with Crippen LogP contribution in [0.1, 0.15) is 33.6 Å². The molecule has 15 heavy (non-hydrogen) atoms. The first-order chi connectivity index (χ1) is 7.08. The summed E-state index contributed by atoms with van der Waals surface area (Å²) in [4.78, 5) is 0. The lowest BCUT2D eigenvalue weighted by molar-refractivity contribution is -0.00134. The van der Waals surface area contributed by atoms with Crippen molar-refractivity contribution in [1.29, 1.82) is 0 Å². The Kier molecular flexibility index (Phi) is 5.58. The molecule has 0 atom stereocenters. The van der Waals surface area contributed by atoms with Gasteiger partial charge in [-0.1, -0.05) is 0 Å². The third-order valence-corrected chi connectivity index (χ3v) is 2.29. The Morgan fingerprint density at radius 1 is 1.13 bits per heavy atom. The molecule has 0 bridgehead atoms. The van der Waals surface area contributed by atoms with E-state index in [1.807, 2.05) is 0 Å². The second kappa shape index (κ2) is 6.46. The molecule has 0 heterocycles. The van der Waals surface area contributed by atoms with Gasteiger partial charge in [0.15, 0.2) is 0 Å². The summed E-state index contributed by atoms with van der Waals surface area (Å²) in [6.07, 6.45) is 2.74. The molecule has 0 aliphatic heterocycles. The largest absolute Gasteiger partial charge is 0.380 e. The minimum Gasteiger partial charge on any atom is -0.380 e. The van der Waals surface area contributed by atoms with E-state index in [0.29, 0.717) is 0 Å². The highest BCUT2D eigenvalue weighted by Gasteiger charge is 2.20. The summed E-state index contributed by atoms with van der Waals surface area (Å²) >= 11 is 0. The van der Waals surface area contributed by atoms with Crippen molar-refractivity contribution < 1.29 is 9.47 Å². The molecule has 0 unspecified atom stereocenters. The zero-order chi connectivity index (χ0) is 11.1. The van der Waals surface area contributed by atoms with Crippen LogP contribution in [0.3, 0.4) is 0 Å². The smallest absolute Gasteiger partial charge is 0.0599 e. The molecule has 1 N–H and O–H groups in total. The van der Waals surface area contributed by atoms with Crippen molar-refractivity contribution in [2.24, 2.45) is 5.92 Å². The standard InChI is InChI=1S/C12H25NO2/c1-12(2,3)15-9-7-13-6-8-14-10-11-4-5-11/h11,13H,4-10H2,1-3H3. The van der Waals surface area contributed by atoms with Gasteiger partial charge in [-0.05, 0) is 39.5 Å². The van der Waals surface area contributed by atoms with Gasteiger partial charge < -0.3 is 14.8 Å². The zero-order valence-corrected chi connectivity index (χ0v) is 10.3. The van der Waals surface area contributed by atoms with E-state index in [2.05, 4.69) is 26.1 Å². The van der Waals surface area contributed by atoms with E-state index in [4.69, 9.17) is 9.47 Å². The van der Waals surface area contributed by atoms with Crippen LogP contribution in [0.25, 0.3) is 0 Å². The maximum atomic E-state index is 5.58. The number of hydrogen-bond acceptors (Lipinski definition) is 3. The van der Waals surface area contributed by atoms with E-state index in [0.717, 1.165) is 38.8 Å². The molecule has 1 saturated carbocycles. The molecular formula is C12H25NO2. The Labute approximate surface area is 93.5 Å². The quantitative estimate of drug-likeness (QED) is 0.626. The van der Waals surface area contributed by atoms with Crippen molar-refractivity contribution in [2.75, 3.05) is 32.9 Å². The van der Waals surface area contributed by atoms with Crippen LogP contribution in [0.4, 0.5) is 0 Å². The molecule has 3 heteroatoms. The first-order valence-electron chi connectivity index (χ1n) is 6.00. The van der Waals surface area contributed by atoms with Gasteiger partial charge in [0.25, 0.3) is 0 Å². The van der Waals surface area contributed by atoms with Gasteiger partial charge in [0.2, 0.25) is 0 Å². The highest BCUT2D eigenvalue weighted by molar-refractivity contribution is 4.71. The molecule has 0 aromatic rings. The predicted molar refractivity (Wildman–Crippen MR) is 62.1 cm³/mol. The Hall–Kier alpha value is -0.120. The molecule has 0 spiro atoms. The topological polar surface area (TPSA) is 30.5 Å². The van der Waals surface area contributed by atoms with Gasteiger partial charge in [0, 0.05) is 19.7 Å². The van der Waals surface area contributed by atoms with Gasteiger partial charge in [-0.3, -0.25) is 0 Å². The Balaban J connectivity index is 1.72. The molecule has 3 nitrogen and oxygen atoms in total. The predicted octanol–water partition coefficient (Wildman–Crippen LogP) is 1.82. The van der Waals surface area contributed by atoms with E-state index in [1.54, 1.807) is 0 Å². The third-order valence-electron chi connectivity index (χ3n) is 2.29. The maximum absolute atomic E-state index is 5.58. The lowest BCUT2D eigenvalue weighted by atomic mass is 10.2. The number of nitrogens with one attached hydrogen (secondary N) is 1.